The number of likely N-dealkylation sites (N-methyl/N-ethyl adjacent to an activating group) is 1. The Bertz CT molecular complexity index is 1000. The fraction of sp³-hybridized carbons (Fsp3) is 0.421. The van der Waals surface area contributed by atoms with E-state index in [1.165, 1.54) is 6.20 Å². The Hall–Kier alpha value is -2.67. The van der Waals surface area contributed by atoms with Crippen molar-refractivity contribution < 1.29 is 9.21 Å². The molecule has 0 radical (unpaired) electrons. The highest BCUT2D eigenvalue weighted by Gasteiger charge is 2.23. The molecule has 0 aliphatic heterocycles. The molecule has 7 heteroatoms. The summed E-state index contributed by atoms with van der Waals surface area (Å²) in [5.41, 5.74) is 1.75. The van der Waals surface area contributed by atoms with Crippen molar-refractivity contribution in [1.29, 1.82) is 0 Å². The maximum absolute atomic E-state index is 12.7. The van der Waals surface area contributed by atoms with Crippen molar-refractivity contribution in [3.05, 3.63) is 40.4 Å². The number of aromatic nitrogens is 2. The predicted octanol–water partition coefficient (Wildman–Crippen LogP) is 2.08. The molecule has 0 fully saturated rings. The number of hydrogen-bond acceptors (Lipinski definition) is 5. The Kier molecular flexibility index (Phi) is 5.08. The number of hydrogen-bond donors (Lipinski definition) is 1. The maximum atomic E-state index is 12.7. The molecule has 2 aromatic heterocycles. The molecule has 3 rings (SSSR count). The first-order valence-corrected chi connectivity index (χ1v) is 8.75. The minimum absolute atomic E-state index is 0.103. The van der Waals surface area contributed by atoms with Crippen LogP contribution in [0.25, 0.3) is 21.9 Å². The molecule has 0 bridgehead atoms. The summed E-state index contributed by atoms with van der Waals surface area (Å²) in [7, 11) is 3.91. The third kappa shape index (κ3) is 3.35. The minimum atomic E-state index is -0.486. The van der Waals surface area contributed by atoms with Crippen molar-refractivity contribution in [2.75, 3.05) is 27.2 Å². The van der Waals surface area contributed by atoms with Crippen molar-refractivity contribution in [2.45, 2.75) is 26.3 Å². The molecular weight excluding hydrogens is 332 g/mol. The number of carbonyl (C=O) groups excluding carboxylic acids is 1. The van der Waals surface area contributed by atoms with E-state index in [9.17, 15) is 9.59 Å². The van der Waals surface area contributed by atoms with Crippen LogP contribution in [-0.2, 0) is 4.79 Å². The number of rotatable bonds is 6. The molecule has 26 heavy (non-hydrogen) atoms. The summed E-state index contributed by atoms with van der Waals surface area (Å²) in [6.45, 7) is 5.22. The van der Waals surface area contributed by atoms with Gasteiger partial charge in [0, 0.05) is 18.5 Å². The van der Waals surface area contributed by atoms with Crippen LogP contribution in [0.1, 0.15) is 24.9 Å². The molecule has 3 aromatic rings. The zero-order valence-electron chi connectivity index (χ0n) is 15.6. The highest BCUT2D eigenvalue weighted by atomic mass is 16.4. The SMILES string of the molecule is CCC(C(=O)NCCN(C)C)n1ncc2c(=O)oc3ccc(C)cc3c21. The van der Waals surface area contributed by atoms with Gasteiger partial charge in [0.15, 0.2) is 0 Å². The Morgan fingerprint density at radius 1 is 1.35 bits per heavy atom. The lowest BCUT2D eigenvalue weighted by Gasteiger charge is -2.18. The van der Waals surface area contributed by atoms with Crippen molar-refractivity contribution in [3.63, 3.8) is 0 Å². The number of fused-ring (bicyclic) bond motifs is 3. The van der Waals surface area contributed by atoms with Crippen molar-refractivity contribution in [2.24, 2.45) is 0 Å². The van der Waals surface area contributed by atoms with E-state index in [1.54, 1.807) is 10.7 Å². The van der Waals surface area contributed by atoms with Gasteiger partial charge in [0.05, 0.1) is 11.7 Å². The van der Waals surface area contributed by atoms with Gasteiger partial charge in [0.1, 0.15) is 17.0 Å². The van der Waals surface area contributed by atoms with Gasteiger partial charge < -0.3 is 14.6 Å². The summed E-state index contributed by atoms with van der Waals surface area (Å²) in [5.74, 6) is -0.103. The molecule has 1 atom stereocenters. The van der Waals surface area contributed by atoms with Crippen LogP contribution in [0, 0.1) is 6.92 Å². The lowest BCUT2D eigenvalue weighted by molar-refractivity contribution is -0.124. The molecule has 2 heterocycles. The topological polar surface area (TPSA) is 80.4 Å². The van der Waals surface area contributed by atoms with Gasteiger partial charge in [-0.15, -0.1) is 0 Å². The van der Waals surface area contributed by atoms with Gasteiger partial charge in [0.2, 0.25) is 5.91 Å². The van der Waals surface area contributed by atoms with Crippen LogP contribution in [0.4, 0.5) is 0 Å². The van der Waals surface area contributed by atoms with E-state index >= 15 is 0 Å². The molecule has 1 N–H and O–H groups in total. The maximum Gasteiger partial charge on any atom is 0.347 e. The fourth-order valence-corrected chi connectivity index (χ4v) is 3.08. The van der Waals surface area contributed by atoms with Gasteiger partial charge in [-0.25, -0.2) is 4.79 Å². The largest absolute Gasteiger partial charge is 0.422 e. The van der Waals surface area contributed by atoms with E-state index in [0.29, 0.717) is 29.5 Å². The van der Waals surface area contributed by atoms with Gasteiger partial charge in [-0.05, 0) is 39.6 Å². The number of nitrogens with zero attached hydrogens (tertiary/aromatic N) is 3. The third-order valence-electron chi connectivity index (χ3n) is 4.45. The average molecular weight is 356 g/mol. The van der Waals surface area contributed by atoms with Crippen LogP contribution in [0.2, 0.25) is 0 Å². The zero-order valence-corrected chi connectivity index (χ0v) is 15.6. The number of nitrogens with one attached hydrogen (secondary N) is 1. The second-order valence-corrected chi connectivity index (χ2v) is 6.76. The molecule has 1 aromatic carbocycles. The molecular formula is C19H24N4O3. The summed E-state index contributed by atoms with van der Waals surface area (Å²) >= 11 is 0. The zero-order chi connectivity index (χ0) is 18.8. The van der Waals surface area contributed by atoms with Gasteiger partial charge in [-0.3, -0.25) is 9.48 Å². The van der Waals surface area contributed by atoms with E-state index in [4.69, 9.17) is 4.42 Å². The van der Waals surface area contributed by atoms with Crippen molar-refractivity contribution in [1.82, 2.24) is 20.0 Å². The fourth-order valence-electron chi connectivity index (χ4n) is 3.08. The monoisotopic (exact) mass is 356 g/mol. The van der Waals surface area contributed by atoms with E-state index in [2.05, 4.69) is 10.4 Å². The van der Waals surface area contributed by atoms with E-state index < -0.39 is 11.7 Å². The first kappa shape index (κ1) is 18.1. The lowest BCUT2D eigenvalue weighted by atomic mass is 10.1. The Balaban J connectivity index is 2.08. The molecule has 0 saturated carbocycles. The average Bonchev–Trinajstić information content (AvgIpc) is 3.02. The molecule has 0 aliphatic rings. The smallest absolute Gasteiger partial charge is 0.347 e. The number of benzene rings is 1. The summed E-state index contributed by atoms with van der Waals surface area (Å²) in [5, 5.41) is 8.49. The van der Waals surface area contributed by atoms with Crippen molar-refractivity contribution in [3.8, 4) is 0 Å². The molecule has 1 unspecified atom stereocenters. The minimum Gasteiger partial charge on any atom is -0.422 e. The highest BCUT2D eigenvalue weighted by molar-refractivity contribution is 6.02. The van der Waals surface area contributed by atoms with Gasteiger partial charge >= 0.3 is 5.63 Å². The summed E-state index contributed by atoms with van der Waals surface area (Å²) in [6, 6.07) is 5.14. The second kappa shape index (κ2) is 7.29. The molecule has 138 valence electrons. The first-order valence-electron chi connectivity index (χ1n) is 8.75. The molecule has 1 amide bonds. The standard InChI is InChI=1S/C19H24N4O3/c1-5-15(18(24)20-8-9-22(3)4)23-17-13-10-12(2)6-7-16(13)26-19(25)14(17)11-21-23/h6-7,10-11,15H,5,8-9H2,1-4H3,(H,20,24). The van der Waals surface area contributed by atoms with Crippen LogP contribution < -0.4 is 10.9 Å². The lowest BCUT2D eigenvalue weighted by Crippen LogP contribution is -2.36. The number of aryl methyl sites for hydroxylation is 1. The molecule has 0 spiro atoms. The predicted molar refractivity (Wildman–Crippen MR) is 101 cm³/mol. The van der Waals surface area contributed by atoms with Crippen molar-refractivity contribution >= 4 is 27.8 Å². The van der Waals surface area contributed by atoms with Crippen LogP contribution in [0.15, 0.2) is 33.6 Å². The normalized spacial score (nSPS) is 12.8. The molecule has 0 saturated heterocycles. The van der Waals surface area contributed by atoms with Gasteiger partial charge in [-0.1, -0.05) is 18.6 Å². The third-order valence-corrected chi connectivity index (χ3v) is 4.45. The van der Waals surface area contributed by atoms with Crippen LogP contribution >= 0.6 is 0 Å². The van der Waals surface area contributed by atoms with Crippen LogP contribution in [0.3, 0.4) is 0 Å². The van der Waals surface area contributed by atoms with E-state index in [1.807, 2.05) is 45.0 Å². The Labute approximate surface area is 151 Å². The molecule has 0 aliphatic carbocycles. The van der Waals surface area contributed by atoms with E-state index in [-0.39, 0.29) is 5.91 Å². The molecule has 7 nitrogen and oxygen atoms in total. The number of carbonyl (C=O) groups is 1. The van der Waals surface area contributed by atoms with Gasteiger partial charge in [-0.2, -0.15) is 5.10 Å². The van der Waals surface area contributed by atoms with Gasteiger partial charge in [0.25, 0.3) is 0 Å². The first-order chi connectivity index (χ1) is 12.4. The highest BCUT2D eigenvalue weighted by Crippen LogP contribution is 2.27. The van der Waals surface area contributed by atoms with E-state index in [0.717, 1.165) is 17.5 Å². The Morgan fingerprint density at radius 2 is 2.12 bits per heavy atom. The second-order valence-electron chi connectivity index (χ2n) is 6.76. The summed E-state index contributed by atoms with van der Waals surface area (Å²) in [4.78, 5) is 27.0. The van der Waals surface area contributed by atoms with Crippen LogP contribution in [-0.4, -0.2) is 47.8 Å². The quantitative estimate of drug-likeness (QED) is 0.684. The van der Waals surface area contributed by atoms with Crippen LogP contribution in [0.5, 0.6) is 0 Å². The Morgan fingerprint density at radius 3 is 2.81 bits per heavy atom. The summed E-state index contributed by atoms with van der Waals surface area (Å²) in [6.07, 6.45) is 2.05. The summed E-state index contributed by atoms with van der Waals surface area (Å²) < 4.78 is 7.05. The number of amides is 1.